The van der Waals surface area contributed by atoms with Crippen molar-refractivity contribution in [3.05, 3.63) is 47.7 Å². The summed E-state index contributed by atoms with van der Waals surface area (Å²) in [4.78, 5) is 0. The van der Waals surface area contributed by atoms with E-state index in [4.69, 9.17) is 0 Å². The molecule has 104 valence electrons. The number of nitrogens with one attached hydrogen (secondary N) is 1. The van der Waals surface area contributed by atoms with Crippen LogP contribution in [0.2, 0.25) is 0 Å². The van der Waals surface area contributed by atoms with Gasteiger partial charge in [0.2, 0.25) is 0 Å². The molecule has 0 fully saturated rings. The number of rotatable bonds is 4. The van der Waals surface area contributed by atoms with E-state index in [-0.39, 0.29) is 25.0 Å². The van der Waals surface area contributed by atoms with Gasteiger partial charge in [0.15, 0.2) is 11.6 Å². The summed E-state index contributed by atoms with van der Waals surface area (Å²) in [6.07, 6.45) is 1.67. The third-order valence-electron chi connectivity index (χ3n) is 2.65. The second kappa shape index (κ2) is 6.52. The highest BCUT2D eigenvalue weighted by Crippen LogP contribution is 2.16. The molecule has 3 nitrogen and oxygen atoms in total. The predicted octanol–water partition coefficient (Wildman–Crippen LogP) is 3.78. The first-order chi connectivity index (χ1) is 8.59. The Bertz CT molecular complexity index is 540. The Kier molecular flexibility index (Phi) is 5.30. The third kappa shape index (κ3) is 3.44. The van der Waals surface area contributed by atoms with E-state index in [0.717, 1.165) is 11.9 Å². The molecule has 0 unspecified atom stereocenters. The van der Waals surface area contributed by atoms with Crippen LogP contribution in [0.3, 0.4) is 0 Å². The van der Waals surface area contributed by atoms with Gasteiger partial charge in [-0.2, -0.15) is 5.10 Å². The second-order valence-corrected chi connectivity index (χ2v) is 4.32. The van der Waals surface area contributed by atoms with Gasteiger partial charge in [0.25, 0.3) is 0 Å². The largest absolute Gasteiger partial charge is 0.366 e. The summed E-state index contributed by atoms with van der Waals surface area (Å²) in [7, 11) is 0. The van der Waals surface area contributed by atoms with Crippen molar-refractivity contribution in [1.29, 1.82) is 0 Å². The molecule has 2 rings (SSSR count). The minimum atomic E-state index is -0.827. The summed E-state index contributed by atoms with van der Waals surface area (Å²) in [6, 6.07) is 6.17. The van der Waals surface area contributed by atoms with Crippen LogP contribution in [0.15, 0.2) is 30.5 Å². The smallest absolute Gasteiger partial charge is 0.163 e. The van der Waals surface area contributed by atoms with Crippen LogP contribution in [-0.2, 0) is 6.54 Å². The first-order valence-corrected chi connectivity index (χ1v) is 5.80. The van der Waals surface area contributed by atoms with Crippen LogP contribution in [0, 0.1) is 11.6 Å². The maximum Gasteiger partial charge on any atom is 0.163 e. The van der Waals surface area contributed by atoms with Gasteiger partial charge in [0, 0.05) is 24.2 Å². The zero-order valence-corrected chi connectivity index (χ0v) is 11.5. The van der Waals surface area contributed by atoms with E-state index in [1.807, 2.05) is 13.8 Å². The topological polar surface area (TPSA) is 29.9 Å². The van der Waals surface area contributed by atoms with Gasteiger partial charge < -0.3 is 5.32 Å². The van der Waals surface area contributed by atoms with Crippen molar-refractivity contribution >= 4 is 18.2 Å². The van der Waals surface area contributed by atoms with Crippen LogP contribution >= 0.6 is 12.4 Å². The van der Waals surface area contributed by atoms with Gasteiger partial charge in [-0.1, -0.05) is 12.1 Å². The molecule has 0 saturated heterocycles. The van der Waals surface area contributed by atoms with Gasteiger partial charge in [-0.25, -0.2) is 13.5 Å². The van der Waals surface area contributed by atoms with E-state index in [2.05, 4.69) is 10.4 Å². The standard InChI is InChI=1S/C13H15F2N3.ClH/c1-9(2)18-12(6-7-17-18)16-8-10-4-3-5-11(14)13(10)15;/h3-7,9,16H,8H2,1-2H3;1H. The Morgan fingerprint density at radius 1 is 1.26 bits per heavy atom. The van der Waals surface area contributed by atoms with Crippen LogP contribution in [0.4, 0.5) is 14.6 Å². The average molecular weight is 288 g/mol. The van der Waals surface area contributed by atoms with Crippen molar-refractivity contribution in [2.45, 2.75) is 26.4 Å². The Balaban J connectivity index is 0.00000180. The molecule has 1 heterocycles. The molecule has 1 aromatic carbocycles. The zero-order valence-electron chi connectivity index (χ0n) is 10.7. The molecule has 2 aromatic rings. The minimum absolute atomic E-state index is 0. The summed E-state index contributed by atoms with van der Waals surface area (Å²) < 4.78 is 28.3. The number of hydrogen-bond donors (Lipinski definition) is 1. The second-order valence-electron chi connectivity index (χ2n) is 4.32. The Hall–Kier alpha value is -1.62. The number of nitrogens with zero attached hydrogens (tertiary/aromatic N) is 2. The van der Waals surface area contributed by atoms with Gasteiger partial charge in [0.1, 0.15) is 5.82 Å². The highest BCUT2D eigenvalue weighted by molar-refractivity contribution is 5.85. The molecule has 0 spiro atoms. The van der Waals surface area contributed by atoms with Crippen LogP contribution in [0.5, 0.6) is 0 Å². The van der Waals surface area contributed by atoms with Gasteiger partial charge in [-0.05, 0) is 19.9 Å². The molecule has 0 atom stereocenters. The van der Waals surface area contributed by atoms with Crippen LogP contribution in [-0.4, -0.2) is 9.78 Å². The summed E-state index contributed by atoms with van der Waals surface area (Å²) in [5.74, 6) is -0.846. The zero-order chi connectivity index (χ0) is 13.1. The average Bonchev–Trinajstić information content (AvgIpc) is 2.79. The van der Waals surface area contributed by atoms with Crippen molar-refractivity contribution < 1.29 is 8.78 Å². The number of aromatic nitrogens is 2. The maximum absolute atomic E-state index is 13.5. The number of benzene rings is 1. The van der Waals surface area contributed by atoms with E-state index in [1.54, 1.807) is 23.0 Å². The molecular formula is C13H16ClF2N3. The Morgan fingerprint density at radius 2 is 2.00 bits per heavy atom. The molecule has 19 heavy (non-hydrogen) atoms. The summed E-state index contributed by atoms with van der Waals surface area (Å²) >= 11 is 0. The van der Waals surface area contributed by atoms with Gasteiger partial charge in [0.05, 0.1) is 6.20 Å². The molecular weight excluding hydrogens is 272 g/mol. The van der Waals surface area contributed by atoms with Crippen molar-refractivity contribution in [2.24, 2.45) is 0 Å². The molecule has 0 bridgehead atoms. The molecule has 6 heteroatoms. The first kappa shape index (κ1) is 15.4. The number of hydrogen-bond acceptors (Lipinski definition) is 2. The molecule has 0 aliphatic rings. The van der Waals surface area contributed by atoms with E-state index in [1.165, 1.54) is 6.07 Å². The quantitative estimate of drug-likeness (QED) is 0.927. The first-order valence-electron chi connectivity index (χ1n) is 5.80. The molecule has 0 aliphatic heterocycles. The Morgan fingerprint density at radius 3 is 2.68 bits per heavy atom. The Labute approximate surface area is 117 Å². The SMILES string of the molecule is CC(C)n1nccc1NCc1cccc(F)c1F.Cl. The lowest BCUT2D eigenvalue weighted by Gasteiger charge is -2.13. The monoisotopic (exact) mass is 287 g/mol. The maximum atomic E-state index is 13.5. The van der Waals surface area contributed by atoms with E-state index < -0.39 is 11.6 Å². The van der Waals surface area contributed by atoms with Gasteiger partial charge >= 0.3 is 0 Å². The van der Waals surface area contributed by atoms with Crippen molar-refractivity contribution in [3.63, 3.8) is 0 Å². The number of anilines is 1. The van der Waals surface area contributed by atoms with Crippen molar-refractivity contribution in [2.75, 3.05) is 5.32 Å². The lowest BCUT2D eigenvalue weighted by Crippen LogP contribution is -2.10. The predicted molar refractivity (Wildman–Crippen MR) is 73.5 cm³/mol. The fourth-order valence-corrected chi connectivity index (χ4v) is 1.74. The molecule has 1 aromatic heterocycles. The van der Waals surface area contributed by atoms with E-state index in [0.29, 0.717) is 5.56 Å². The highest BCUT2D eigenvalue weighted by atomic mass is 35.5. The van der Waals surface area contributed by atoms with E-state index >= 15 is 0 Å². The molecule has 0 radical (unpaired) electrons. The van der Waals surface area contributed by atoms with E-state index in [9.17, 15) is 8.78 Å². The van der Waals surface area contributed by atoms with Crippen LogP contribution < -0.4 is 5.32 Å². The summed E-state index contributed by atoms with van der Waals surface area (Å²) in [5.41, 5.74) is 0.298. The lowest BCUT2D eigenvalue weighted by atomic mass is 10.2. The highest BCUT2D eigenvalue weighted by Gasteiger charge is 2.09. The summed E-state index contributed by atoms with van der Waals surface area (Å²) in [5, 5.41) is 7.21. The minimum Gasteiger partial charge on any atom is -0.366 e. The lowest BCUT2D eigenvalue weighted by molar-refractivity contribution is 0.499. The number of halogens is 3. The van der Waals surface area contributed by atoms with Gasteiger partial charge in [-0.15, -0.1) is 12.4 Å². The fourth-order valence-electron chi connectivity index (χ4n) is 1.74. The molecule has 0 saturated carbocycles. The normalized spacial score (nSPS) is 10.4. The van der Waals surface area contributed by atoms with Crippen molar-refractivity contribution in [3.8, 4) is 0 Å². The van der Waals surface area contributed by atoms with Crippen molar-refractivity contribution in [1.82, 2.24) is 9.78 Å². The molecule has 0 amide bonds. The fraction of sp³-hybridized carbons (Fsp3) is 0.308. The van der Waals surface area contributed by atoms with Crippen LogP contribution in [0.25, 0.3) is 0 Å². The molecule has 0 aliphatic carbocycles. The summed E-state index contributed by atoms with van der Waals surface area (Å²) in [6.45, 7) is 4.23. The molecule has 1 N–H and O–H groups in total. The third-order valence-corrected chi connectivity index (χ3v) is 2.65. The van der Waals surface area contributed by atoms with Gasteiger partial charge in [-0.3, -0.25) is 0 Å². The van der Waals surface area contributed by atoms with Crippen LogP contribution in [0.1, 0.15) is 25.5 Å².